The van der Waals surface area contributed by atoms with E-state index in [2.05, 4.69) is 15.0 Å². The highest BCUT2D eigenvalue weighted by atomic mass is 35.5. The summed E-state index contributed by atoms with van der Waals surface area (Å²) < 4.78 is 36.4. The molecule has 0 radical (unpaired) electrons. The van der Waals surface area contributed by atoms with Crippen LogP contribution in [-0.4, -0.2) is 22.7 Å². The van der Waals surface area contributed by atoms with Gasteiger partial charge in [0.25, 0.3) is 0 Å². The predicted molar refractivity (Wildman–Crippen MR) is 112 cm³/mol. The number of carboxylic acids is 1. The number of hydrogen-bond acceptors (Lipinski definition) is 6. The van der Waals surface area contributed by atoms with Gasteiger partial charge in [-0.1, -0.05) is 17.7 Å². The van der Waals surface area contributed by atoms with Crippen LogP contribution in [0.4, 0.5) is 20.2 Å². The van der Waals surface area contributed by atoms with Gasteiger partial charge in [0, 0.05) is 23.3 Å². The molecule has 0 bridgehead atoms. The quantitative estimate of drug-likeness (QED) is 0.397. The van der Waals surface area contributed by atoms with E-state index in [1.807, 2.05) is 0 Å². The normalized spacial score (nSPS) is 10.7. The number of aliphatic carboxylic acids is 1. The largest absolute Gasteiger partial charge is 0.481 e. The second kappa shape index (κ2) is 9.94. The number of nitrogens with zero attached hydrogens (tertiary/aromatic N) is 1. The average molecular weight is 450 g/mol. The smallest absolute Gasteiger partial charge is 0.387 e. The molecular weight excluding hydrogens is 432 g/mol. The number of nitrogens with two attached hydrogens (primary N) is 1. The molecule has 0 aliphatic rings. The number of nitrogen functional groups attached to an aromatic ring is 1. The van der Waals surface area contributed by atoms with E-state index in [4.69, 9.17) is 27.2 Å². The zero-order valence-electron chi connectivity index (χ0n) is 16.0. The molecule has 0 unspecified atom stereocenters. The number of pyridine rings is 1. The van der Waals surface area contributed by atoms with Crippen LogP contribution in [0.25, 0.3) is 0 Å². The van der Waals surface area contributed by atoms with Crippen LogP contribution in [0.15, 0.2) is 54.9 Å². The van der Waals surface area contributed by atoms with Crippen molar-refractivity contribution in [3.8, 4) is 17.2 Å². The van der Waals surface area contributed by atoms with Crippen molar-refractivity contribution in [3.63, 3.8) is 0 Å². The molecular formula is C21H18ClF2N3O4. The molecule has 7 nitrogen and oxygen atoms in total. The SMILES string of the molecule is Nc1ccc(Cl)cc1NCc1c(Oc2cnccc2CC(=O)O)cccc1OC(F)F. The molecule has 31 heavy (non-hydrogen) atoms. The molecule has 0 spiro atoms. The Morgan fingerprint density at radius 1 is 1.19 bits per heavy atom. The van der Waals surface area contributed by atoms with Crippen LogP contribution in [0, 0.1) is 0 Å². The van der Waals surface area contributed by atoms with Gasteiger partial charge in [-0.2, -0.15) is 8.78 Å². The van der Waals surface area contributed by atoms with Crippen molar-refractivity contribution in [3.05, 3.63) is 71.0 Å². The van der Waals surface area contributed by atoms with E-state index in [9.17, 15) is 13.6 Å². The Morgan fingerprint density at radius 2 is 1.97 bits per heavy atom. The van der Waals surface area contributed by atoms with Crippen LogP contribution in [0.1, 0.15) is 11.1 Å². The van der Waals surface area contributed by atoms with Crippen LogP contribution in [-0.2, 0) is 17.8 Å². The van der Waals surface area contributed by atoms with E-state index in [0.29, 0.717) is 22.0 Å². The van der Waals surface area contributed by atoms with Gasteiger partial charge in [0.05, 0.1) is 29.6 Å². The van der Waals surface area contributed by atoms with Crippen LogP contribution in [0.3, 0.4) is 0 Å². The van der Waals surface area contributed by atoms with Gasteiger partial charge >= 0.3 is 12.6 Å². The third-order valence-corrected chi connectivity index (χ3v) is 4.44. The fourth-order valence-electron chi connectivity index (χ4n) is 2.82. The Labute approximate surface area is 181 Å². The van der Waals surface area contributed by atoms with Gasteiger partial charge in [-0.3, -0.25) is 9.78 Å². The van der Waals surface area contributed by atoms with Crippen molar-refractivity contribution in [1.82, 2.24) is 4.98 Å². The molecule has 4 N–H and O–H groups in total. The number of nitrogens with one attached hydrogen (secondary N) is 1. The third kappa shape index (κ3) is 5.95. The standard InChI is InChI=1S/C21H18ClF2N3O4/c22-13-4-5-15(25)16(9-13)27-10-14-17(2-1-3-18(14)31-21(23)24)30-19-11-26-7-6-12(19)8-20(28)29/h1-7,9,11,21,27H,8,10,25H2,(H,28,29). The predicted octanol–water partition coefficient (Wildman–Crippen LogP) is 4.95. The number of benzene rings is 2. The van der Waals surface area contributed by atoms with Gasteiger partial charge in [0.2, 0.25) is 0 Å². The molecule has 1 aromatic heterocycles. The molecule has 3 aromatic rings. The Morgan fingerprint density at radius 3 is 2.71 bits per heavy atom. The maximum Gasteiger partial charge on any atom is 0.387 e. The van der Waals surface area contributed by atoms with Crippen LogP contribution in [0.5, 0.6) is 17.2 Å². The Bertz CT molecular complexity index is 1080. The number of aromatic nitrogens is 1. The summed E-state index contributed by atoms with van der Waals surface area (Å²) in [6.45, 7) is -3.04. The lowest BCUT2D eigenvalue weighted by atomic mass is 10.1. The monoisotopic (exact) mass is 449 g/mol. The first-order valence-electron chi connectivity index (χ1n) is 9.01. The molecule has 0 saturated carbocycles. The Kier molecular flexibility index (Phi) is 7.09. The number of rotatable bonds is 9. The highest BCUT2D eigenvalue weighted by Gasteiger charge is 2.17. The topological polar surface area (TPSA) is 107 Å². The molecule has 0 amide bonds. The maximum atomic E-state index is 13.0. The first-order valence-corrected chi connectivity index (χ1v) is 9.39. The molecule has 10 heteroatoms. The van der Waals surface area contributed by atoms with Gasteiger partial charge in [0.1, 0.15) is 17.2 Å². The summed E-state index contributed by atoms with van der Waals surface area (Å²) in [6, 6.07) is 10.7. The number of hydrogen-bond donors (Lipinski definition) is 3. The molecule has 0 fully saturated rings. The van der Waals surface area contributed by atoms with Gasteiger partial charge in [0.15, 0.2) is 0 Å². The first kappa shape index (κ1) is 22.1. The summed E-state index contributed by atoms with van der Waals surface area (Å²) in [7, 11) is 0. The second-order valence-corrected chi connectivity index (χ2v) is 6.79. The zero-order valence-corrected chi connectivity index (χ0v) is 16.8. The van der Waals surface area contributed by atoms with Crippen LogP contribution in [0.2, 0.25) is 5.02 Å². The lowest BCUT2D eigenvalue weighted by Crippen LogP contribution is -2.10. The van der Waals surface area contributed by atoms with Crippen molar-refractivity contribution in [2.75, 3.05) is 11.1 Å². The molecule has 0 saturated heterocycles. The molecule has 1 heterocycles. The van der Waals surface area contributed by atoms with E-state index < -0.39 is 12.6 Å². The summed E-state index contributed by atoms with van der Waals surface area (Å²) in [4.78, 5) is 15.1. The maximum absolute atomic E-state index is 13.0. The summed E-state index contributed by atoms with van der Waals surface area (Å²) in [5.41, 5.74) is 7.49. The summed E-state index contributed by atoms with van der Waals surface area (Å²) in [5.74, 6) is -0.790. The van der Waals surface area contributed by atoms with E-state index >= 15 is 0 Å². The number of alkyl halides is 2. The van der Waals surface area contributed by atoms with E-state index in [0.717, 1.165) is 0 Å². The number of anilines is 2. The third-order valence-electron chi connectivity index (χ3n) is 4.21. The lowest BCUT2D eigenvalue weighted by molar-refractivity contribution is -0.136. The highest BCUT2D eigenvalue weighted by Crippen LogP contribution is 2.35. The van der Waals surface area contributed by atoms with Crippen molar-refractivity contribution in [2.45, 2.75) is 19.6 Å². The number of carbonyl (C=O) groups is 1. The van der Waals surface area contributed by atoms with Gasteiger partial charge in [-0.15, -0.1) is 0 Å². The number of ether oxygens (including phenoxy) is 2. The van der Waals surface area contributed by atoms with Gasteiger partial charge in [-0.25, -0.2) is 0 Å². The van der Waals surface area contributed by atoms with Crippen molar-refractivity contribution in [1.29, 1.82) is 0 Å². The Balaban J connectivity index is 1.95. The number of carboxylic acid groups (broad SMARTS) is 1. The highest BCUT2D eigenvalue weighted by molar-refractivity contribution is 6.31. The van der Waals surface area contributed by atoms with Gasteiger partial charge in [-0.05, 0) is 36.4 Å². The minimum atomic E-state index is -3.05. The molecule has 3 rings (SSSR count). The summed E-state index contributed by atoms with van der Waals surface area (Å²) in [5, 5.41) is 12.6. The molecule has 0 aliphatic carbocycles. The summed E-state index contributed by atoms with van der Waals surface area (Å²) >= 11 is 6.00. The number of halogens is 3. The van der Waals surface area contributed by atoms with Crippen molar-refractivity contribution in [2.24, 2.45) is 0 Å². The Hall–Kier alpha value is -3.59. The van der Waals surface area contributed by atoms with Crippen molar-refractivity contribution < 1.29 is 28.2 Å². The fraction of sp³-hybridized carbons (Fsp3) is 0.143. The zero-order chi connectivity index (χ0) is 22.4. The fourth-order valence-corrected chi connectivity index (χ4v) is 2.99. The molecule has 0 atom stereocenters. The van der Waals surface area contributed by atoms with E-state index in [-0.39, 0.29) is 35.8 Å². The van der Waals surface area contributed by atoms with Crippen LogP contribution < -0.4 is 20.5 Å². The molecule has 2 aromatic carbocycles. The van der Waals surface area contributed by atoms with Crippen LogP contribution >= 0.6 is 11.6 Å². The summed E-state index contributed by atoms with van der Waals surface area (Å²) in [6.07, 6.45) is 2.49. The first-order chi connectivity index (χ1) is 14.8. The van der Waals surface area contributed by atoms with E-state index in [1.54, 1.807) is 24.3 Å². The molecule has 0 aliphatic heterocycles. The second-order valence-electron chi connectivity index (χ2n) is 6.35. The molecule has 162 valence electrons. The lowest BCUT2D eigenvalue weighted by Gasteiger charge is -2.18. The minimum absolute atomic E-state index is 0.0112. The average Bonchev–Trinajstić information content (AvgIpc) is 2.70. The van der Waals surface area contributed by atoms with Crippen molar-refractivity contribution >= 4 is 28.9 Å². The van der Waals surface area contributed by atoms with Gasteiger partial charge < -0.3 is 25.6 Å². The van der Waals surface area contributed by atoms with E-state index in [1.165, 1.54) is 30.6 Å². The minimum Gasteiger partial charge on any atom is -0.481 e.